The monoisotopic (exact) mass is 500 g/mol. The van der Waals surface area contributed by atoms with E-state index in [-0.39, 0.29) is 5.04 Å². The van der Waals surface area contributed by atoms with Crippen molar-refractivity contribution in [3.8, 4) is 11.9 Å². The highest BCUT2D eigenvalue weighted by Gasteiger charge is 2.36. The van der Waals surface area contributed by atoms with Crippen molar-refractivity contribution < 1.29 is 9.16 Å². The fourth-order valence-corrected chi connectivity index (χ4v) is 5.11. The average Bonchev–Trinajstić information content (AvgIpc) is 2.82. The first-order chi connectivity index (χ1) is 16.9. The van der Waals surface area contributed by atoms with E-state index in [1.807, 2.05) is 32.0 Å². The summed E-state index contributed by atoms with van der Waals surface area (Å²) in [5, 5.41) is 11.5. The lowest BCUT2D eigenvalue weighted by atomic mass is 9.78. The van der Waals surface area contributed by atoms with Crippen LogP contribution in [0, 0.1) is 18.3 Å². The minimum Gasteiger partial charge on any atom is -0.481 e. The molecule has 0 bridgehead atoms. The third-order valence-electron chi connectivity index (χ3n) is 7.41. The standard InChI is InChI=1S/C31H40N2O2Si/c1-23-18-26-15-16-27(20-28(26)33-29(23)34-6)31(5,22-32)21-25-14-11-13-24(19-25)12-9-10-17-35-36(7,8)30(2,3)4/h9,11-16,18-20H,10,17,21H2,1-8H3. The highest BCUT2D eigenvalue weighted by Crippen LogP contribution is 2.36. The van der Waals surface area contributed by atoms with Crippen molar-refractivity contribution in [1.29, 1.82) is 5.26 Å². The zero-order chi connectivity index (χ0) is 26.6. The van der Waals surface area contributed by atoms with Crippen LogP contribution in [-0.2, 0) is 16.3 Å². The SMILES string of the molecule is COc1nc2cc(C(C)(C#N)Cc3cccc(C=CCCO[Si](C)(C)C(C)(C)C)c3)ccc2cc1C. The van der Waals surface area contributed by atoms with E-state index in [2.05, 4.69) is 87.4 Å². The Balaban J connectivity index is 1.73. The Bertz CT molecular complexity index is 1280. The molecule has 0 amide bonds. The van der Waals surface area contributed by atoms with E-state index in [4.69, 9.17) is 9.16 Å². The van der Waals surface area contributed by atoms with Gasteiger partial charge in [0.15, 0.2) is 8.32 Å². The maximum absolute atomic E-state index is 10.2. The van der Waals surface area contributed by atoms with E-state index < -0.39 is 13.7 Å². The molecule has 0 saturated heterocycles. The van der Waals surface area contributed by atoms with Crippen LogP contribution in [0.15, 0.2) is 54.6 Å². The van der Waals surface area contributed by atoms with E-state index in [0.29, 0.717) is 12.3 Å². The van der Waals surface area contributed by atoms with E-state index in [0.717, 1.165) is 46.2 Å². The van der Waals surface area contributed by atoms with E-state index in [1.165, 1.54) is 0 Å². The maximum Gasteiger partial charge on any atom is 0.216 e. The summed E-state index contributed by atoms with van der Waals surface area (Å²) in [7, 11) is -0.0758. The van der Waals surface area contributed by atoms with Crippen molar-refractivity contribution in [3.63, 3.8) is 0 Å². The predicted molar refractivity (Wildman–Crippen MR) is 153 cm³/mol. The fourth-order valence-electron chi connectivity index (χ4n) is 4.04. The second kappa shape index (κ2) is 11.0. The smallest absolute Gasteiger partial charge is 0.216 e. The normalized spacial score (nSPS) is 14.1. The van der Waals surface area contributed by atoms with Crippen LogP contribution in [0.1, 0.15) is 56.4 Å². The quantitative estimate of drug-likeness (QED) is 0.221. The van der Waals surface area contributed by atoms with Crippen molar-refractivity contribution in [2.45, 2.75) is 71.0 Å². The lowest BCUT2D eigenvalue weighted by molar-refractivity contribution is 0.294. The van der Waals surface area contributed by atoms with Gasteiger partial charge in [-0.25, -0.2) is 4.98 Å². The van der Waals surface area contributed by atoms with Gasteiger partial charge in [0.25, 0.3) is 0 Å². The van der Waals surface area contributed by atoms with Gasteiger partial charge in [-0.05, 0) is 73.6 Å². The minimum atomic E-state index is -1.71. The molecule has 1 heterocycles. The second-order valence-electron chi connectivity index (χ2n) is 11.4. The number of pyridine rings is 1. The van der Waals surface area contributed by atoms with Crippen LogP contribution in [0.5, 0.6) is 5.88 Å². The summed E-state index contributed by atoms with van der Waals surface area (Å²) >= 11 is 0. The zero-order valence-corrected chi connectivity index (χ0v) is 24.1. The molecule has 2 aromatic carbocycles. The molecule has 4 nitrogen and oxygen atoms in total. The van der Waals surface area contributed by atoms with Crippen LogP contribution < -0.4 is 4.74 Å². The first-order valence-corrected chi connectivity index (χ1v) is 15.6. The summed E-state index contributed by atoms with van der Waals surface area (Å²) in [6, 6.07) is 19.2. The number of hydrogen-bond acceptors (Lipinski definition) is 4. The number of methoxy groups -OCH3 is 1. The van der Waals surface area contributed by atoms with Crippen molar-refractivity contribution in [2.75, 3.05) is 13.7 Å². The van der Waals surface area contributed by atoms with Crippen LogP contribution in [0.2, 0.25) is 18.1 Å². The average molecular weight is 501 g/mol. The molecule has 0 aliphatic heterocycles. The topological polar surface area (TPSA) is 55.1 Å². The van der Waals surface area contributed by atoms with Gasteiger partial charge < -0.3 is 9.16 Å². The fraction of sp³-hybridized carbons (Fsp3) is 0.419. The molecular formula is C31H40N2O2Si. The number of nitriles is 1. The number of benzene rings is 2. The third kappa shape index (κ3) is 6.43. The van der Waals surface area contributed by atoms with Crippen LogP contribution in [0.25, 0.3) is 17.0 Å². The van der Waals surface area contributed by atoms with Gasteiger partial charge in [0.2, 0.25) is 5.88 Å². The van der Waals surface area contributed by atoms with Crippen LogP contribution >= 0.6 is 0 Å². The number of aromatic nitrogens is 1. The molecule has 1 aromatic heterocycles. The number of fused-ring (bicyclic) bond motifs is 1. The maximum atomic E-state index is 10.2. The van der Waals surface area contributed by atoms with E-state index in [9.17, 15) is 5.26 Å². The van der Waals surface area contributed by atoms with Crippen LogP contribution in [-0.4, -0.2) is 27.0 Å². The largest absolute Gasteiger partial charge is 0.481 e. The number of ether oxygens (including phenoxy) is 1. The molecule has 3 aromatic rings. The zero-order valence-electron chi connectivity index (χ0n) is 23.1. The Morgan fingerprint density at radius 2 is 1.81 bits per heavy atom. The second-order valence-corrected chi connectivity index (χ2v) is 16.2. The van der Waals surface area contributed by atoms with Gasteiger partial charge in [0, 0.05) is 17.6 Å². The van der Waals surface area contributed by atoms with Gasteiger partial charge in [0.1, 0.15) is 0 Å². The Morgan fingerprint density at radius 3 is 2.47 bits per heavy atom. The van der Waals surface area contributed by atoms with Gasteiger partial charge >= 0.3 is 0 Å². The van der Waals surface area contributed by atoms with Gasteiger partial charge in [-0.15, -0.1) is 0 Å². The minimum absolute atomic E-state index is 0.227. The lowest BCUT2D eigenvalue weighted by Gasteiger charge is -2.36. The molecule has 0 fully saturated rings. The van der Waals surface area contributed by atoms with Gasteiger partial charge in [0.05, 0.1) is 24.1 Å². The Kier molecular flexibility index (Phi) is 8.43. The number of hydrogen-bond donors (Lipinski definition) is 0. The summed E-state index contributed by atoms with van der Waals surface area (Å²) in [5.41, 5.74) is 4.39. The molecule has 36 heavy (non-hydrogen) atoms. The van der Waals surface area contributed by atoms with Gasteiger partial charge in [-0.2, -0.15) is 5.26 Å². The molecule has 190 valence electrons. The highest BCUT2D eigenvalue weighted by atomic mass is 28.4. The summed E-state index contributed by atoms with van der Waals surface area (Å²) in [6.07, 6.45) is 5.84. The molecule has 0 N–H and O–H groups in total. The number of nitrogens with zero attached hydrogens (tertiary/aromatic N) is 2. The molecule has 5 heteroatoms. The Labute approximate surface area is 218 Å². The van der Waals surface area contributed by atoms with Crippen LogP contribution in [0.4, 0.5) is 0 Å². The number of rotatable bonds is 9. The molecule has 1 unspecified atom stereocenters. The highest BCUT2D eigenvalue weighted by molar-refractivity contribution is 6.74. The summed E-state index contributed by atoms with van der Waals surface area (Å²) in [4.78, 5) is 4.65. The lowest BCUT2D eigenvalue weighted by Crippen LogP contribution is -2.40. The van der Waals surface area contributed by atoms with Crippen LogP contribution in [0.3, 0.4) is 0 Å². The van der Waals surface area contributed by atoms with Gasteiger partial charge in [-0.3, -0.25) is 0 Å². The first-order valence-electron chi connectivity index (χ1n) is 12.7. The molecular weight excluding hydrogens is 460 g/mol. The predicted octanol–water partition coefficient (Wildman–Crippen LogP) is 8.00. The van der Waals surface area contributed by atoms with Crippen molar-refractivity contribution in [1.82, 2.24) is 4.98 Å². The van der Waals surface area contributed by atoms with Crippen molar-refractivity contribution in [3.05, 3.63) is 76.9 Å². The molecule has 0 aliphatic carbocycles. The Morgan fingerprint density at radius 1 is 1.06 bits per heavy atom. The van der Waals surface area contributed by atoms with Gasteiger partial charge in [-0.1, -0.05) is 69.3 Å². The van der Waals surface area contributed by atoms with E-state index >= 15 is 0 Å². The van der Waals surface area contributed by atoms with Crippen molar-refractivity contribution >= 4 is 25.3 Å². The Hall–Kier alpha value is -2.94. The summed E-state index contributed by atoms with van der Waals surface area (Å²) in [5.74, 6) is 0.618. The molecule has 0 spiro atoms. The third-order valence-corrected chi connectivity index (χ3v) is 11.9. The number of aryl methyl sites for hydroxylation is 1. The molecule has 0 aliphatic rings. The van der Waals surface area contributed by atoms with E-state index in [1.54, 1.807) is 7.11 Å². The first kappa shape index (κ1) is 27.6. The summed E-state index contributed by atoms with van der Waals surface area (Å²) in [6.45, 7) is 16.1. The molecule has 3 rings (SSSR count). The summed E-state index contributed by atoms with van der Waals surface area (Å²) < 4.78 is 11.7. The molecule has 0 saturated carbocycles. The molecule has 1 atom stereocenters. The molecule has 0 radical (unpaired) electrons. The van der Waals surface area contributed by atoms with Crippen molar-refractivity contribution in [2.24, 2.45) is 0 Å².